The van der Waals surface area contributed by atoms with Gasteiger partial charge in [0.15, 0.2) is 5.76 Å². The van der Waals surface area contributed by atoms with Gasteiger partial charge in [-0.3, -0.25) is 0 Å². The second kappa shape index (κ2) is 6.08. The first-order chi connectivity index (χ1) is 9.83. The molecule has 0 spiro atoms. The summed E-state index contributed by atoms with van der Waals surface area (Å²) in [6.07, 6.45) is 11.6. The van der Waals surface area contributed by atoms with Gasteiger partial charge in [0.2, 0.25) is 5.89 Å². The van der Waals surface area contributed by atoms with Crippen molar-refractivity contribution in [2.45, 2.75) is 45.4 Å². The van der Waals surface area contributed by atoms with Crippen molar-refractivity contribution in [2.24, 2.45) is 0 Å². The molecule has 0 unspecified atom stereocenters. The van der Waals surface area contributed by atoms with E-state index in [2.05, 4.69) is 42.2 Å². The van der Waals surface area contributed by atoms with Gasteiger partial charge in [0.25, 0.3) is 0 Å². The topological polar surface area (TPSA) is 26.0 Å². The Morgan fingerprint density at radius 2 is 1.80 bits per heavy atom. The Hall–Kier alpha value is -1.83. The second-order valence-electron chi connectivity index (χ2n) is 5.58. The van der Waals surface area contributed by atoms with Gasteiger partial charge in [-0.25, -0.2) is 4.98 Å². The van der Waals surface area contributed by atoms with E-state index in [1.165, 1.54) is 36.8 Å². The van der Waals surface area contributed by atoms with Crippen molar-refractivity contribution in [3.63, 3.8) is 0 Å². The van der Waals surface area contributed by atoms with Crippen molar-refractivity contribution in [3.8, 4) is 11.3 Å². The Bertz CT molecular complexity index is 592. The minimum Gasteiger partial charge on any atom is -0.437 e. The molecule has 1 aromatic carbocycles. The zero-order valence-electron chi connectivity index (χ0n) is 12.1. The minimum atomic E-state index is 0.808. The average molecular weight is 267 g/mol. The monoisotopic (exact) mass is 267 g/mol. The Kier molecular flexibility index (Phi) is 4.00. The van der Waals surface area contributed by atoms with Crippen LogP contribution in [-0.2, 0) is 0 Å². The highest BCUT2D eigenvalue weighted by Crippen LogP contribution is 2.28. The van der Waals surface area contributed by atoms with Gasteiger partial charge in [0.05, 0.1) is 6.20 Å². The van der Waals surface area contributed by atoms with Gasteiger partial charge in [-0.15, -0.1) is 0 Å². The smallest absolute Gasteiger partial charge is 0.222 e. The van der Waals surface area contributed by atoms with E-state index < -0.39 is 0 Å². The van der Waals surface area contributed by atoms with E-state index in [-0.39, 0.29) is 0 Å². The fraction of sp³-hybridized carbons (Fsp3) is 0.389. The fourth-order valence-electron chi connectivity index (χ4n) is 2.66. The van der Waals surface area contributed by atoms with Gasteiger partial charge < -0.3 is 4.42 Å². The molecule has 20 heavy (non-hydrogen) atoms. The molecule has 2 nitrogen and oxygen atoms in total. The number of oxazole rings is 1. The van der Waals surface area contributed by atoms with Crippen molar-refractivity contribution < 1.29 is 4.42 Å². The molecule has 1 aromatic heterocycles. The van der Waals surface area contributed by atoms with E-state index >= 15 is 0 Å². The van der Waals surface area contributed by atoms with Crippen LogP contribution in [-0.4, -0.2) is 4.98 Å². The zero-order valence-corrected chi connectivity index (χ0v) is 12.1. The number of hydrogen-bond donors (Lipinski definition) is 0. The summed E-state index contributed by atoms with van der Waals surface area (Å²) in [5.74, 6) is 1.67. The summed E-state index contributed by atoms with van der Waals surface area (Å²) >= 11 is 0. The van der Waals surface area contributed by atoms with E-state index in [9.17, 15) is 0 Å². The average Bonchev–Trinajstić information content (AvgIpc) is 2.89. The number of aromatic nitrogens is 1. The summed E-state index contributed by atoms with van der Waals surface area (Å²) in [5.41, 5.74) is 3.64. The van der Waals surface area contributed by atoms with Gasteiger partial charge >= 0.3 is 0 Å². The van der Waals surface area contributed by atoms with Crippen LogP contribution in [0.3, 0.4) is 0 Å². The van der Waals surface area contributed by atoms with Crippen molar-refractivity contribution in [1.82, 2.24) is 4.98 Å². The summed E-state index contributed by atoms with van der Waals surface area (Å²) in [6, 6.07) is 8.39. The number of benzene rings is 1. The number of aryl methyl sites for hydroxylation is 1. The van der Waals surface area contributed by atoms with Crippen LogP contribution in [0, 0.1) is 6.92 Å². The van der Waals surface area contributed by atoms with Crippen molar-refractivity contribution in [1.29, 1.82) is 0 Å². The molecule has 3 rings (SSSR count). The lowest BCUT2D eigenvalue weighted by Gasteiger charge is -2.08. The Morgan fingerprint density at radius 3 is 2.65 bits per heavy atom. The Balaban J connectivity index is 1.83. The quantitative estimate of drug-likeness (QED) is 0.729. The van der Waals surface area contributed by atoms with Crippen LogP contribution in [0.4, 0.5) is 0 Å². The molecule has 0 fully saturated rings. The molecule has 0 bridgehead atoms. The summed E-state index contributed by atoms with van der Waals surface area (Å²) in [7, 11) is 0. The van der Waals surface area contributed by atoms with Crippen molar-refractivity contribution >= 4 is 5.57 Å². The highest BCUT2D eigenvalue weighted by atomic mass is 16.4. The summed E-state index contributed by atoms with van der Waals surface area (Å²) in [5, 5.41) is 0. The molecule has 0 N–H and O–H groups in total. The van der Waals surface area contributed by atoms with Gasteiger partial charge in [0.1, 0.15) is 0 Å². The molecule has 2 heteroatoms. The van der Waals surface area contributed by atoms with Gasteiger partial charge in [0, 0.05) is 11.1 Å². The summed E-state index contributed by atoms with van der Waals surface area (Å²) in [4.78, 5) is 4.48. The molecule has 1 aliphatic rings. The van der Waals surface area contributed by atoms with Crippen LogP contribution in [0.2, 0.25) is 0 Å². The van der Waals surface area contributed by atoms with E-state index in [0.29, 0.717) is 0 Å². The number of allylic oxidation sites excluding steroid dienone is 2. The largest absolute Gasteiger partial charge is 0.437 e. The van der Waals surface area contributed by atoms with Gasteiger partial charge in [-0.05, 0) is 32.6 Å². The third-order valence-electron chi connectivity index (χ3n) is 3.91. The van der Waals surface area contributed by atoms with Crippen LogP contribution in [0.15, 0.2) is 41.0 Å². The highest BCUT2D eigenvalue weighted by Gasteiger charge is 2.12. The number of hydrogen-bond acceptors (Lipinski definition) is 2. The van der Waals surface area contributed by atoms with Crippen molar-refractivity contribution in [3.05, 3.63) is 48.0 Å². The predicted octanol–water partition coefficient (Wildman–Crippen LogP) is 5.39. The third-order valence-corrected chi connectivity index (χ3v) is 3.91. The zero-order chi connectivity index (χ0) is 13.8. The summed E-state index contributed by atoms with van der Waals surface area (Å²) < 4.78 is 5.97. The lowest BCUT2D eigenvalue weighted by molar-refractivity contribution is 0.546. The molecular weight excluding hydrogens is 246 g/mol. The van der Waals surface area contributed by atoms with Crippen LogP contribution in [0.1, 0.15) is 50.0 Å². The van der Waals surface area contributed by atoms with E-state index in [0.717, 1.165) is 30.1 Å². The first kappa shape index (κ1) is 13.2. The van der Waals surface area contributed by atoms with Crippen LogP contribution in [0.5, 0.6) is 0 Å². The number of nitrogens with zero attached hydrogens (tertiary/aromatic N) is 1. The molecule has 0 radical (unpaired) electrons. The molecular formula is C18H21NO. The van der Waals surface area contributed by atoms with Gasteiger partial charge in [-0.2, -0.15) is 0 Å². The van der Waals surface area contributed by atoms with Crippen LogP contribution >= 0.6 is 0 Å². The SMILES string of the molecule is Cc1ccc(-c2cnc(/C3=C/CCCCCC3)o2)cc1. The van der Waals surface area contributed by atoms with Crippen LogP contribution in [0.25, 0.3) is 16.9 Å². The molecule has 0 saturated heterocycles. The number of rotatable bonds is 2. The lowest BCUT2D eigenvalue weighted by atomic mass is 10.00. The van der Waals surface area contributed by atoms with Gasteiger partial charge in [-0.1, -0.05) is 48.7 Å². The standard InChI is InChI=1S/C18H21NO/c1-14-9-11-15(12-10-14)17-13-19-18(20-17)16-7-5-3-2-4-6-8-16/h7,9-13H,2-6,8H2,1H3/b16-7+. The minimum absolute atomic E-state index is 0.808. The maximum Gasteiger partial charge on any atom is 0.222 e. The predicted molar refractivity (Wildman–Crippen MR) is 82.4 cm³/mol. The van der Waals surface area contributed by atoms with Crippen LogP contribution < -0.4 is 0 Å². The molecule has 104 valence electrons. The molecule has 0 aliphatic heterocycles. The normalized spacial score (nSPS) is 18.9. The fourth-order valence-corrected chi connectivity index (χ4v) is 2.66. The molecule has 0 amide bonds. The Labute approximate surface area is 120 Å². The van der Waals surface area contributed by atoms with E-state index in [4.69, 9.17) is 4.42 Å². The van der Waals surface area contributed by atoms with Crippen molar-refractivity contribution in [2.75, 3.05) is 0 Å². The van der Waals surface area contributed by atoms with E-state index in [1.54, 1.807) is 0 Å². The molecule has 2 aromatic rings. The summed E-state index contributed by atoms with van der Waals surface area (Å²) in [6.45, 7) is 2.09. The third kappa shape index (κ3) is 3.01. The Morgan fingerprint density at radius 1 is 1.00 bits per heavy atom. The highest BCUT2D eigenvalue weighted by molar-refractivity contribution is 5.62. The maximum atomic E-state index is 5.97. The molecule has 0 saturated carbocycles. The molecule has 0 atom stereocenters. The maximum absolute atomic E-state index is 5.97. The second-order valence-corrected chi connectivity index (χ2v) is 5.58. The first-order valence-corrected chi connectivity index (χ1v) is 7.55. The van der Waals surface area contributed by atoms with E-state index in [1.807, 2.05) is 6.20 Å². The lowest BCUT2D eigenvalue weighted by Crippen LogP contribution is -1.90. The molecule has 1 heterocycles. The first-order valence-electron chi connectivity index (χ1n) is 7.55. The molecule has 1 aliphatic carbocycles.